The molecule has 0 amide bonds. The normalized spacial score (nSPS) is 11.8. The lowest BCUT2D eigenvalue weighted by Gasteiger charge is -2.16. The van der Waals surface area contributed by atoms with Crippen LogP contribution in [-0.4, -0.2) is 23.3 Å². The number of nitrogens with two attached hydrogens (primary N) is 2. The van der Waals surface area contributed by atoms with Crippen LogP contribution in [0.25, 0.3) is 0 Å². The number of hydrogen-bond acceptors (Lipinski definition) is 5. The van der Waals surface area contributed by atoms with Crippen LogP contribution >= 0.6 is 0 Å². The second kappa shape index (κ2) is 9.31. The molecule has 0 fully saturated rings. The summed E-state index contributed by atoms with van der Waals surface area (Å²) in [5, 5.41) is 8.02. The van der Waals surface area contributed by atoms with Gasteiger partial charge in [0.2, 0.25) is 0 Å². The molecule has 3 aromatic carbocycles. The smallest absolute Gasteiger partial charge is 0.382 e. The molecule has 3 rings (SSSR count). The van der Waals surface area contributed by atoms with Crippen molar-refractivity contribution in [2.75, 3.05) is 11.9 Å². The number of halogens is 3. The summed E-state index contributed by atoms with van der Waals surface area (Å²) in [6.07, 6.45) is -4.41. The van der Waals surface area contributed by atoms with Crippen molar-refractivity contribution in [3.05, 3.63) is 95.6 Å². The molecule has 0 saturated heterocycles. The first-order chi connectivity index (χ1) is 14.7. The zero-order chi connectivity index (χ0) is 22.4. The minimum atomic E-state index is -4.41. The number of hydrazone groups is 1. The minimum Gasteiger partial charge on any atom is -0.382 e. The number of nitrogens with zero attached hydrogens (tertiary/aromatic N) is 2. The summed E-state index contributed by atoms with van der Waals surface area (Å²) in [6.45, 7) is -0.181. The van der Waals surface area contributed by atoms with Crippen LogP contribution in [0.15, 0.2) is 84.0 Å². The first-order valence-corrected chi connectivity index (χ1v) is 9.22. The van der Waals surface area contributed by atoms with Gasteiger partial charge in [-0.2, -0.15) is 13.2 Å². The summed E-state index contributed by atoms with van der Waals surface area (Å²) in [5.74, 6) is 5.64. The lowest BCUT2D eigenvalue weighted by atomic mass is 10.1. The van der Waals surface area contributed by atoms with E-state index >= 15 is 0 Å². The van der Waals surface area contributed by atoms with Gasteiger partial charge >= 0.3 is 6.18 Å². The molecule has 0 spiro atoms. The van der Waals surface area contributed by atoms with Crippen LogP contribution in [0.3, 0.4) is 0 Å². The molecule has 160 valence electrons. The number of rotatable bonds is 7. The molecule has 0 aliphatic carbocycles. The fourth-order valence-electron chi connectivity index (χ4n) is 2.80. The van der Waals surface area contributed by atoms with Crippen molar-refractivity contribution in [3.8, 4) is 0 Å². The van der Waals surface area contributed by atoms with Gasteiger partial charge in [-0.25, -0.2) is 11.0 Å². The maximum Gasteiger partial charge on any atom is 0.416 e. The van der Waals surface area contributed by atoms with Crippen molar-refractivity contribution in [2.24, 2.45) is 16.7 Å². The van der Waals surface area contributed by atoms with E-state index in [1.165, 1.54) is 12.1 Å². The van der Waals surface area contributed by atoms with Gasteiger partial charge in [-0.1, -0.05) is 42.5 Å². The molecule has 3 aromatic rings. The third-order valence-electron chi connectivity index (χ3n) is 4.33. The van der Waals surface area contributed by atoms with E-state index in [0.29, 0.717) is 22.5 Å². The van der Waals surface area contributed by atoms with E-state index in [1.807, 2.05) is 0 Å². The highest BCUT2D eigenvalue weighted by atomic mass is 19.4. The van der Waals surface area contributed by atoms with Gasteiger partial charge in [0, 0.05) is 22.5 Å². The molecule has 0 saturated carbocycles. The van der Waals surface area contributed by atoms with Gasteiger partial charge in [0.1, 0.15) is 6.54 Å². The standard InChI is InChI=1S/C22H20F3N5O/c23-22(24,25)16-10-12-17(13-11-16)28-19-9-5-4-8-18(19)21(26)29-30(27)14-20(31)15-6-2-1-3-7-15/h1-13,28H,14,27H2,(H2,26,29). The summed E-state index contributed by atoms with van der Waals surface area (Å²) in [5.41, 5.74) is 7.27. The highest BCUT2D eigenvalue weighted by molar-refractivity contribution is 6.03. The molecule has 0 heterocycles. The number of benzene rings is 3. The third kappa shape index (κ3) is 5.83. The van der Waals surface area contributed by atoms with Crippen LogP contribution in [0.5, 0.6) is 0 Å². The number of carbonyl (C=O) groups is 1. The number of para-hydroxylation sites is 1. The van der Waals surface area contributed by atoms with Crippen LogP contribution in [-0.2, 0) is 6.18 Å². The zero-order valence-corrected chi connectivity index (χ0v) is 16.3. The largest absolute Gasteiger partial charge is 0.416 e. The van der Waals surface area contributed by atoms with Crippen LogP contribution in [0.4, 0.5) is 24.5 Å². The lowest BCUT2D eigenvalue weighted by molar-refractivity contribution is -0.137. The van der Waals surface area contributed by atoms with Crippen molar-refractivity contribution in [3.63, 3.8) is 0 Å². The van der Waals surface area contributed by atoms with Crippen molar-refractivity contribution in [1.29, 1.82) is 0 Å². The highest BCUT2D eigenvalue weighted by Crippen LogP contribution is 2.30. The van der Waals surface area contributed by atoms with E-state index in [2.05, 4.69) is 10.4 Å². The second-order valence-corrected chi connectivity index (χ2v) is 6.62. The van der Waals surface area contributed by atoms with Crippen LogP contribution in [0.1, 0.15) is 21.5 Å². The van der Waals surface area contributed by atoms with Gasteiger partial charge in [0.05, 0.1) is 5.56 Å². The van der Waals surface area contributed by atoms with Crippen molar-refractivity contribution in [1.82, 2.24) is 5.12 Å². The van der Waals surface area contributed by atoms with Crippen molar-refractivity contribution < 1.29 is 18.0 Å². The monoisotopic (exact) mass is 427 g/mol. The number of hydrogen-bond donors (Lipinski definition) is 3. The Labute approximate surface area is 176 Å². The topological polar surface area (TPSA) is 96.7 Å². The Morgan fingerprint density at radius 2 is 1.55 bits per heavy atom. The first kappa shape index (κ1) is 21.8. The first-order valence-electron chi connectivity index (χ1n) is 9.22. The Morgan fingerprint density at radius 3 is 2.19 bits per heavy atom. The van der Waals surface area contributed by atoms with Crippen molar-refractivity contribution >= 4 is 23.0 Å². The van der Waals surface area contributed by atoms with Gasteiger partial charge in [-0.3, -0.25) is 4.79 Å². The molecule has 0 aliphatic rings. The number of hydrazine groups is 1. The average molecular weight is 427 g/mol. The number of anilines is 2. The van der Waals surface area contributed by atoms with E-state index < -0.39 is 11.7 Å². The number of alkyl halides is 3. The molecular formula is C22H20F3N5O. The predicted molar refractivity (Wildman–Crippen MR) is 114 cm³/mol. The molecule has 31 heavy (non-hydrogen) atoms. The van der Waals surface area contributed by atoms with Gasteiger partial charge in [0.25, 0.3) is 0 Å². The highest BCUT2D eigenvalue weighted by Gasteiger charge is 2.29. The fourth-order valence-corrected chi connectivity index (χ4v) is 2.80. The van der Waals surface area contributed by atoms with Gasteiger partial charge in [-0.05, 0) is 36.4 Å². The van der Waals surface area contributed by atoms with Crippen LogP contribution < -0.4 is 16.9 Å². The third-order valence-corrected chi connectivity index (χ3v) is 4.33. The predicted octanol–water partition coefficient (Wildman–Crippen LogP) is 4.13. The molecule has 0 radical (unpaired) electrons. The van der Waals surface area contributed by atoms with Gasteiger partial charge < -0.3 is 11.1 Å². The molecular weight excluding hydrogens is 407 g/mol. The summed E-state index contributed by atoms with van der Waals surface area (Å²) in [7, 11) is 0. The maximum atomic E-state index is 12.7. The average Bonchev–Trinajstić information content (AvgIpc) is 2.74. The lowest BCUT2D eigenvalue weighted by Crippen LogP contribution is -2.34. The SMILES string of the molecule is N/C(=N\N(N)CC(=O)c1ccccc1)c1ccccc1Nc1ccc(C(F)(F)F)cc1. The fraction of sp³-hybridized carbons (Fsp3) is 0.0909. The number of Topliss-reactive ketones (excluding diaryl/α,β-unsaturated/α-hetero) is 1. The Morgan fingerprint density at radius 1 is 0.935 bits per heavy atom. The number of ketones is 1. The quantitative estimate of drug-likeness (QED) is 0.173. The molecule has 0 aliphatic heterocycles. The minimum absolute atomic E-state index is 0.0402. The molecule has 0 unspecified atom stereocenters. The molecule has 5 N–H and O–H groups in total. The van der Waals surface area contributed by atoms with E-state index in [0.717, 1.165) is 17.3 Å². The Balaban J connectivity index is 1.75. The summed E-state index contributed by atoms with van der Waals surface area (Å²) < 4.78 is 38.2. The number of nitrogens with one attached hydrogen (secondary N) is 1. The molecule has 0 atom stereocenters. The van der Waals surface area contributed by atoms with Gasteiger partial charge in [-0.15, -0.1) is 5.10 Å². The molecule has 6 nitrogen and oxygen atoms in total. The second-order valence-electron chi connectivity index (χ2n) is 6.62. The molecule has 0 aromatic heterocycles. The zero-order valence-electron chi connectivity index (χ0n) is 16.3. The summed E-state index contributed by atoms with van der Waals surface area (Å²) in [6, 6.07) is 20.1. The number of amidine groups is 1. The Bertz CT molecular complexity index is 1070. The van der Waals surface area contributed by atoms with E-state index in [4.69, 9.17) is 11.6 Å². The summed E-state index contributed by atoms with van der Waals surface area (Å²) in [4.78, 5) is 12.3. The van der Waals surface area contributed by atoms with E-state index in [-0.39, 0.29) is 18.2 Å². The van der Waals surface area contributed by atoms with Gasteiger partial charge in [0.15, 0.2) is 11.6 Å². The van der Waals surface area contributed by atoms with Crippen LogP contribution in [0.2, 0.25) is 0 Å². The van der Waals surface area contributed by atoms with E-state index in [1.54, 1.807) is 54.6 Å². The van der Waals surface area contributed by atoms with Crippen LogP contribution in [0, 0.1) is 0 Å². The molecule has 0 bridgehead atoms. The molecule has 9 heteroatoms. The summed E-state index contributed by atoms with van der Waals surface area (Å²) >= 11 is 0. The Kier molecular flexibility index (Phi) is 6.56. The Hall–Kier alpha value is -3.85. The maximum absolute atomic E-state index is 12.7. The van der Waals surface area contributed by atoms with E-state index in [9.17, 15) is 18.0 Å². The van der Waals surface area contributed by atoms with Crippen molar-refractivity contribution in [2.45, 2.75) is 6.18 Å². The number of carbonyl (C=O) groups excluding carboxylic acids is 1.